The molecule has 1 aromatic rings. The number of carboxylic acid groups (broad SMARTS) is 1. The van der Waals surface area contributed by atoms with Gasteiger partial charge in [0.2, 0.25) is 10.0 Å². The fraction of sp³-hybridized carbons (Fsp3) is 0.222. The van der Waals surface area contributed by atoms with E-state index in [1.807, 2.05) is 0 Å². The number of rotatable bonds is 3. The molecule has 6 heteroatoms. The zero-order valence-corrected chi connectivity index (χ0v) is 9.13. The van der Waals surface area contributed by atoms with Crippen LogP contribution in [0.2, 0.25) is 0 Å². The molecule has 0 aromatic heterocycles. The molecule has 0 aliphatic carbocycles. The molecule has 0 amide bonds. The van der Waals surface area contributed by atoms with Crippen molar-refractivity contribution < 1.29 is 18.3 Å². The maximum absolute atomic E-state index is 11.0. The lowest BCUT2D eigenvalue weighted by molar-refractivity contribution is 0.0697. The summed E-state index contributed by atoms with van der Waals surface area (Å²) in [6.07, 6.45) is 0.973. The van der Waals surface area contributed by atoms with Crippen LogP contribution in [0.5, 0.6) is 0 Å². The highest BCUT2D eigenvalue weighted by Gasteiger charge is 2.14. The minimum Gasteiger partial charge on any atom is -0.478 e. The molecular weight excluding hydrogens is 218 g/mol. The second kappa shape index (κ2) is 3.90. The second-order valence-corrected chi connectivity index (χ2v) is 4.93. The van der Waals surface area contributed by atoms with Crippen LogP contribution in [0, 0.1) is 6.92 Å². The van der Waals surface area contributed by atoms with Crippen molar-refractivity contribution in [2.24, 2.45) is 0 Å². The SMILES string of the molecule is Cc1cccc(NS(C)(=O)=O)c1C(=O)O. The molecule has 1 rings (SSSR count). The molecule has 0 atom stereocenters. The summed E-state index contributed by atoms with van der Waals surface area (Å²) in [5, 5.41) is 8.91. The number of nitrogens with one attached hydrogen (secondary N) is 1. The van der Waals surface area contributed by atoms with Crippen LogP contribution in [0.3, 0.4) is 0 Å². The Bertz CT molecular complexity index is 493. The predicted molar refractivity (Wildman–Crippen MR) is 56.6 cm³/mol. The number of sulfonamides is 1. The Morgan fingerprint density at radius 1 is 1.40 bits per heavy atom. The van der Waals surface area contributed by atoms with E-state index in [2.05, 4.69) is 4.72 Å². The highest BCUT2D eigenvalue weighted by Crippen LogP contribution is 2.20. The van der Waals surface area contributed by atoms with Gasteiger partial charge in [0.15, 0.2) is 0 Å². The number of hydrogen-bond acceptors (Lipinski definition) is 3. The standard InChI is InChI=1S/C9H11NO4S/c1-6-4-3-5-7(8(6)9(11)12)10-15(2,13)14/h3-5,10H,1-2H3,(H,11,12). The predicted octanol–water partition coefficient (Wildman–Crippen LogP) is 1.06. The molecule has 0 heterocycles. The van der Waals surface area contributed by atoms with E-state index < -0.39 is 16.0 Å². The number of aryl methyl sites for hydroxylation is 1. The Labute approximate surface area is 87.8 Å². The number of carbonyl (C=O) groups is 1. The molecule has 0 aliphatic heterocycles. The van der Waals surface area contributed by atoms with E-state index in [0.717, 1.165) is 6.26 Å². The number of hydrogen-bond donors (Lipinski definition) is 2. The summed E-state index contributed by atoms with van der Waals surface area (Å²) >= 11 is 0. The summed E-state index contributed by atoms with van der Waals surface area (Å²) in [7, 11) is -3.46. The third kappa shape index (κ3) is 2.95. The highest BCUT2D eigenvalue weighted by atomic mass is 32.2. The first-order valence-electron chi connectivity index (χ1n) is 4.12. The maximum atomic E-state index is 11.0. The lowest BCUT2D eigenvalue weighted by atomic mass is 10.1. The smallest absolute Gasteiger partial charge is 0.338 e. The molecule has 0 fully saturated rings. The lowest BCUT2D eigenvalue weighted by Crippen LogP contribution is -2.14. The van der Waals surface area contributed by atoms with Crippen LogP contribution in [0.4, 0.5) is 5.69 Å². The average molecular weight is 229 g/mol. The van der Waals surface area contributed by atoms with Gasteiger partial charge in [-0.1, -0.05) is 12.1 Å². The fourth-order valence-corrected chi connectivity index (χ4v) is 1.81. The second-order valence-electron chi connectivity index (χ2n) is 3.18. The minimum absolute atomic E-state index is 0.0251. The number of aromatic carboxylic acids is 1. The highest BCUT2D eigenvalue weighted by molar-refractivity contribution is 7.92. The molecule has 82 valence electrons. The van der Waals surface area contributed by atoms with Gasteiger partial charge in [0.25, 0.3) is 0 Å². The first-order valence-corrected chi connectivity index (χ1v) is 6.01. The van der Waals surface area contributed by atoms with Crippen LogP contribution < -0.4 is 4.72 Å². The van der Waals surface area contributed by atoms with Gasteiger partial charge in [0.05, 0.1) is 17.5 Å². The average Bonchev–Trinajstić information content (AvgIpc) is 1.99. The van der Waals surface area contributed by atoms with Gasteiger partial charge in [0, 0.05) is 0 Å². The third-order valence-electron chi connectivity index (χ3n) is 1.78. The van der Waals surface area contributed by atoms with Crippen molar-refractivity contribution >= 4 is 21.7 Å². The zero-order valence-electron chi connectivity index (χ0n) is 8.31. The van der Waals surface area contributed by atoms with Gasteiger partial charge >= 0.3 is 5.97 Å². The van der Waals surface area contributed by atoms with Gasteiger partial charge in [-0.3, -0.25) is 4.72 Å². The summed E-state index contributed by atoms with van der Waals surface area (Å²) in [5.41, 5.74) is 0.573. The van der Waals surface area contributed by atoms with Crippen molar-refractivity contribution in [1.82, 2.24) is 0 Å². The molecule has 0 aliphatic rings. The van der Waals surface area contributed by atoms with Gasteiger partial charge in [0.1, 0.15) is 0 Å². The van der Waals surface area contributed by atoms with E-state index in [1.165, 1.54) is 6.07 Å². The monoisotopic (exact) mass is 229 g/mol. The van der Waals surface area contributed by atoms with Gasteiger partial charge in [-0.15, -0.1) is 0 Å². The molecule has 0 bridgehead atoms. The lowest BCUT2D eigenvalue weighted by Gasteiger charge is -2.09. The van der Waals surface area contributed by atoms with Crippen molar-refractivity contribution in [3.05, 3.63) is 29.3 Å². The van der Waals surface area contributed by atoms with E-state index >= 15 is 0 Å². The van der Waals surface area contributed by atoms with E-state index in [-0.39, 0.29) is 11.3 Å². The van der Waals surface area contributed by atoms with Crippen molar-refractivity contribution in [3.8, 4) is 0 Å². The topological polar surface area (TPSA) is 83.5 Å². The Morgan fingerprint density at radius 2 is 2.00 bits per heavy atom. The Morgan fingerprint density at radius 3 is 2.47 bits per heavy atom. The van der Waals surface area contributed by atoms with Crippen LogP contribution in [0.25, 0.3) is 0 Å². The van der Waals surface area contributed by atoms with E-state index in [1.54, 1.807) is 19.1 Å². The van der Waals surface area contributed by atoms with E-state index in [9.17, 15) is 13.2 Å². The number of carboxylic acids is 1. The molecule has 0 saturated heterocycles. The summed E-state index contributed by atoms with van der Waals surface area (Å²) in [6.45, 7) is 1.61. The van der Waals surface area contributed by atoms with Crippen molar-refractivity contribution in [3.63, 3.8) is 0 Å². The molecule has 1 aromatic carbocycles. The van der Waals surface area contributed by atoms with Gasteiger partial charge < -0.3 is 5.11 Å². The summed E-state index contributed by atoms with van der Waals surface area (Å²) < 4.78 is 24.1. The Kier molecular flexibility index (Phi) is 2.99. The molecule has 0 spiro atoms. The van der Waals surface area contributed by atoms with Crippen LogP contribution >= 0.6 is 0 Å². The Hall–Kier alpha value is -1.56. The molecule has 0 radical (unpaired) electrons. The first kappa shape index (κ1) is 11.5. The first-order chi connectivity index (χ1) is 6.81. The summed E-state index contributed by atoms with van der Waals surface area (Å²) in [6, 6.07) is 4.61. The quantitative estimate of drug-likeness (QED) is 0.811. The summed E-state index contributed by atoms with van der Waals surface area (Å²) in [5.74, 6) is -1.15. The van der Waals surface area contributed by atoms with Crippen LogP contribution in [0.1, 0.15) is 15.9 Å². The Balaban J connectivity index is 3.30. The molecule has 2 N–H and O–H groups in total. The summed E-state index contributed by atoms with van der Waals surface area (Å²) in [4.78, 5) is 10.9. The molecule has 0 saturated carbocycles. The van der Waals surface area contributed by atoms with Crippen molar-refractivity contribution in [2.45, 2.75) is 6.92 Å². The normalized spacial score (nSPS) is 11.1. The van der Waals surface area contributed by atoms with Crippen molar-refractivity contribution in [2.75, 3.05) is 11.0 Å². The molecule has 0 unspecified atom stereocenters. The van der Waals surface area contributed by atoms with Crippen LogP contribution in [-0.4, -0.2) is 25.7 Å². The van der Waals surface area contributed by atoms with Gasteiger partial charge in [-0.2, -0.15) is 0 Å². The van der Waals surface area contributed by atoms with Crippen LogP contribution in [-0.2, 0) is 10.0 Å². The fourth-order valence-electron chi connectivity index (χ4n) is 1.24. The molecular formula is C9H11NO4S. The molecule has 5 nitrogen and oxygen atoms in total. The number of benzene rings is 1. The largest absolute Gasteiger partial charge is 0.478 e. The van der Waals surface area contributed by atoms with Crippen molar-refractivity contribution in [1.29, 1.82) is 0 Å². The number of anilines is 1. The third-order valence-corrected chi connectivity index (χ3v) is 2.37. The van der Waals surface area contributed by atoms with E-state index in [0.29, 0.717) is 5.56 Å². The molecule has 15 heavy (non-hydrogen) atoms. The van der Waals surface area contributed by atoms with Crippen LogP contribution in [0.15, 0.2) is 18.2 Å². The maximum Gasteiger partial charge on any atom is 0.338 e. The minimum atomic E-state index is -3.46. The van der Waals surface area contributed by atoms with E-state index in [4.69, 9.17) is 5.11 Å². The zero-order chi connectivity index (χ0) is 11.6. The van der Waals surface area contributed by atoms with Gasteiger partial charge in [-0.25, -0.2) is 13.2 Å². The van der Waals surface area contributed by atoms with Gasteiger partial charge in [-0.05, 0) is 18.6 Å².